The van der Waals surface area contributed by atoms with Gasteiger partial charge in [0.2, 0.25) is 0 Å². The van der Waals surface area contributed by atoms with Crippen molar-refractivity contribution in [2.24, 2.45) is 0 Å². The van der Waals surface area contributed by atoms with Crippen LogP contribution < -0.4 is 0 Å². The zero-order chi connectivity index (χ0) is 8.23. The van der Waals surface area contributed by atoms with Crippen molar-refractivity contribution in [2.45, 2.75) is 7.43 Å². The fraction of sp³-hybridized carbons (Fsp3) is 0.0769. The van der Waals surface area contributed by atoms with Crippen LogP contribution in [0.4, 0.5) is 0 Å². The van der Waals surface area contributed by atoms with Crippen LogP contribution in [0.1, 0.15) is 7.43 Å². The molecule has 0 unspecified atom stereocenters. The number of hydrogen-bond acceptors (Lipinski definition) is 0. The van der Waals surface area contributed by atoms with Crippen molar-refractivity contribution in [3.05, 3.63) is 60.7 Å². The molecule has 0 spiro atoms. The molecular weight excluding hydrogens is 236 g/mol. The van der Waals surface area contributed by atoms with E-state index in [2.05, 4.69) is 48.5 Å². The lowest BCUT2D eigenvalue weighted by atomic mass is 10.1. The molecule has 0 amide bonds. The van der Waals surface area contributed by atoms with E-state index >= 15 is 0 Å². The molecule has 1 heteroatoms. The third kappa shape index (κ3) is 3.00. The predicted molar refractivity (Wildman–Crippen MR) is 68.9 cm³/mol. The average Bonchev–Trinajstić information content (AvgIpc) is 2.21. The lowest BCUT2D eigenvalue weighted by Gasteiger charge is -1.98. The van der Waals surface area contributed by atoms with E-state index in [1.54, 1.807) is 0 Å². The first kappa shape index (κ1) is 12.9. The quantitative estimate of drug-likeness (QED) is 0.696. The second kappa shape index (κ2) is 6.39. The largest absolute Gasteiger partial charge is 0.114 e. The molecule has 0 nitrogen and oxygen atoms in total. The minimum Gasteiger partial charge on any atom is -0.114 e. The highest BCUT2D eigenvalue weighted by atomic mass is 79.9. The molecule has 0 aliphatic carbocycles. The summed E-state index contributed by atoms with van der Waals surface area (Å²) in [6.07, 6.45) is 0. The highest BCUT2D eigenvalue weighted by Gasteiger charge is 1.91. The highest BCUT2D eigenvalue weighted by molar-refractivity contribution is 8.93. The minimum absolute atomic E-state index is 0. The van der Waals surface area contributed by atoms with Crippen LogP contribution in [0.25, 0.3) is 11.1 Å². The maximum absolute atomic E-state index is 2.12. The van der Waals surface area contributed by atoms with Crippen molar-refractivity contribution in [1.29, 1.82) is 0 Å². The lowest BCUT2D eigenvalue weighted by molar-refractivity contribution is 1.62. The number of halogens is 1. The zero-order valence-electron chi connectivity index (χ0n) is 7.18. The Labute approximate surface area is 96.4 Å². The summed E-state index contributed by atoms with van der Waals surface area (Å²) in [6, 6.07) is 20.8. The Kier molecular flexibility index (Phi) is 5.89. The normalized spacial score (nSPS) is 8.29. The summed E-state index contributed by atoms with van der Waals surface area (Å²) in [7, 11) is 0. The van der Waals surface area contributed by atoms with Crippen LogP contribution in [0.3, 0.4) is 0 Å². The second-order valence-corrected chi connectivity index (χ2v) is 2.73. The van der Waals surface area contributed by atoms with E-state index in [1.807, 2.05) is 12.1 Å². The molecule has 14 heavy (non-hydrogen) atoms. The molecule has 0 saturated carbocycles. The van der Waals surface area contributed by atoms with E-state index in [-0.39, 0.29) is 24.4 Å². The number of benzene rings is 2. The van der Waals surface area contributed by atoms with Gasteiger partial charge in [0, 0.05) is 0 Å². The first-order valence-electron chi connectivity index (χ1n) is 4.07. The van der Waals surface area contributed by atoms with Gasteiger partial charge in [-0.3, -0.25) is 0 Å². The fourth-order valence-corrected chi connectivity index (χ4v) is 1.26. The Morgan fingerprint density at radius 1 is 0.500 bits per heavy atom. The summed E-state index contributed by atoms with van der Waals surface area (Å²) in [5.74, 6) is 0. The van der Waals surface area contributed by atoms with Crippen LogP contribution in [0.15, 0.2) is 60.7 Å². The lowest BCUT2D eigenvalue weighted by Crippen LogP contribution is -1.73. The first-order chi connectivity index (χ1) is 5.97. The molecular formula is C13H15Br. The number of hydrogen-bond donors (Lipinski definition) is 0. The molecule has 2 aromatic carbocycles. The van der Waals surface area contributed by atoms with Crippen LogP contribution in [0.2, 0.25) is 0 Å². The van der Waals surface area contributed by atoms with Crippen molar-refractivity contribution in [3.63, 3.8) is 0 Å². The molecule has 0 aliphatic rings. The van der Waals surface area contributed by atoms with E-state index in [0.29, 0.717) is 0 Å². The Morgan fingerprint density at radius 2 is 0.786 bits per heavy atom. The molecule has 0 aliphatic heterocycles. The molecule has 74 valence electrons. The van der Waals surface area contributed by atoms with Gasteiger partial charge in [0.1, 0.15) is 0 Å². The van der Waals surface area contributed by atoms with Gasteiger partial charge in [-0.1, -0.05) is 68.1 Å². The first-order valence-corrected chi connectivity index (χ1v) is 4.07. The van der Waals surface area contributed by atoms with E-state index in [1.165, 1.54) is 11.1 Å². The molecule has 2 rings (SSSR count). The summed E-state index contributed by atoms with van der Waals surface area (Å²) in [5.41, 5.74) is 2.55. The van der Waals surface area contributed by atoms with Gasteiger partial charge in [0.15, 0.2) is 0 Å². The van der Waals surface area contributed by atoms with E-state index < -0.39 is 0 Å². The van der Waals surface area contributed by atoms with Gasteiger partial charge >= 0.3 is 0 Å². The molecule has 0 radical (unpaired) electrons. The second-order valence-electron chi connectivity index (χ2n) is 2.73. The van der Waals surface area contributed by atoms with Crippen LogP contribution in [-0.2, 0) is 0 Å². The summed E-state index contributed by atoms with van der Waals surface area (Å²) >= 11 is 0. The molecule has 0 heterocycles. The minimum atomic E-state index is 0. The third-order valence-corrected chi connectivity index (χ3v) is 1.88. The topological polar surface area (TPSA) is 0 Å². The maximum Gasteiger partial charge on any atom is -0.0184 e. The van der Waals surface area contributed by atoms with Crippen molar-refractivity contribution < 1.29 is 0 Å². The van der Waals surface area contributed by atoms with E-state index in [0.717, 1.165) is 0 Å². The van der Waals surface area contributed by atoms with Crippen LogP contribution >= 0.6 is 17.0 Å². The molecule has 0 fully saturated rings. The van der Waals surface area contributed by atoms with Crippen molar-refractivity contribution >= 4 is 17.0 Å². The average molecular weight is 251 g/mol. The van der Waals surface area contributed by atoms with Crippen molar-refractivity contribution in [3.8, 4) is 11.1 Å². The van der Waals surface area contributed by atoms with E-state index in [4.69, 9.17) is 0 Å². The number of rotatable bonds is 1. The molecule has 0 bridgehead atoms. The SMILES string of the molecule is Br.C.c1ccc(-c2ccccc2)cc1. The van der Waals surface area contributed by atoms with Gasteiger partial charge in [-0.25, -0.2) is 0 Å². The predicted octanol–water partition coefficient (Wildman–Crippen LogP) is 4.57. The van der Waals surface area contributed by atoms with Crippen molar-refractivity contribution in [1.82, 2.24) is 0 Å². The molecule has 0 saturated heterocycles. The van der Waals surface area contributed by atoms with Crippen LogP contribution in [0, 0.1) is 0 Å². The van der Waals surface area contributed by atoms with Gasteiger partial charge in [-0.05, 0) is 11.1 Å². The summed E-state index contributed by atoms with van der Waals surface area (Å²) in [4.78, 5) is 0. The fourth-order valence-electron chi connectivity index (χ4n) is 1.26. The smallest absolute Gasteiger partial charge is 0.0184 e. The van der Waals surface area contributed by atoms with Gasteiger partial charge in [-0.15, -0.1) is 17.0 Å². The maximum atomic E-state index is 2.12. The monoisotopic (exact) mass is 250 g/mol. The van der Waals surface area contributed by atoms with E-state index in [9.17, 15) is 0 Å². The zero-order valence-corrected chi connectivity index (χ0v) is 8.89. The van der Waals surface area contributed by atoms with Crippen molar-refractivity contribution in [2.75, 3.05) is 0 Å². The van der Waals surface area contributed by atoms with Gasteiger partial charge in [0.05, 0.1) is 0 Å². The highest BCUT2D eigenvalue weighted by Crippen LogP contribution is 2.17. The Bertz CT molecular complexity index is 303. The molecule has 2 aromatic rings. The summed E-state index contributed by atoms with van der Waals surface area (Å²) < 4.78 is 0. The Balaban J connectivity index is 0.000000845. The standard InChI is InChI=1S/C12H10.CH4.BrH/c1-3-7-11(8-4-1)12-9-5-2-6-10-12;;/h1-10H;1H4;1H. The van der Waals surface area contributed by atoms with Gasteiger partial charge in [0.25, 0.3) is 0 Å². The Morgan fingerprint density at radius 3 is 1.07 bits per heavy atom. The third-order valence-electron chi connectivity index (χ3n) is 1.88. The molecule has 0 N–H and O–H groups in total. The van der Waals surface area contributed by atoms with Gasteiger partial charge < -0.3 is 0 Å². The summed E-state index contributed by atoms with van der Waals surface area (Å²) in [5, 5.41) is 0. The van der Waals surface area contributed by atoms with Gasteiger partial charge in [-0.2, -0.15) is 0 Å². The van der Waals surface area contributed by atoms with Crippen LogP contribution in [-0.4, -0.2) is 0 Å². The Hall–Kier alpha value is -1.08. The van der Waals surface area contributed by atoms with Crippen LogP contribution in [0.5, 0.6) is 0 Å². The molecule has 0 aromatic heterocycles. The summed E-state index contributed by atoms with van der Waals surface area (Å²) in [6.45, 7) is 0. The molecule has 0 atom stereocenters.